The number of sulfonamides is 1. The molecule has 5 N–H and O–H groups in total. The number of nitrogens with one attached hydrogen (secondary N) is 2. The molecular formula is C17H23N3O4S2. The van der Waals surface area contributed by atoms with Crippen molar-refractivity contribution in [1.29, 1.82) is 0 Å². The summed E-state index contributed by atoms with van der Waals surface area (Å²) < 4.78 is 24.0. The van der Waals surface area contributed by atoms with Crippen molar-refractivity contribution in [2.24, 2.45) is 0 Å². The molecule has 0 radical (unpaired) electrons. The summed E-state index contributed by atoms with van der Waals surface area (Å²) >= 11 is 4.03. The maximum Gasteiger partial charge on any atom is 0.335 e. The van der Waals surface area contributed by atoms with Crippen molar-refractivity contribution < 1.29 is 18.3 Å². The second-order valence-electron chi connectivity index (χ2n) is 5.28. The summed E-state index contributed by atoms with van der Waals surface area (Å²) in [6.07, 6.45) is 1.76. The number of nitrogens with two attached hydrogens (primary N) is 1. The Bertz CT molecular complexity index is 812. The Morgan fingerprint density at radius 2 is 1.85 bits per heavy atom. The minimum absolute atomic E-state index is 0.105. The Labute approximate surface area is 159 Å². The van der Waals surface area contributed by atoms with Gasteiger partial charge in [0.2, 0.25) is 0 Å². The second kappa shape index (κ2) is 10.8. The lowest BCUT2D eigenvalue weighted by molar-refractivity contribution is 0.0696. The molecule has 142 valence electrons. The molecular weight excluding hydrogens is 374 g/mol. The Kier molecular flexibility index (Phi) is 9.14. The van der Waals surface area contributed by atoms with Crippen LogP contribution in [0.15, 0.2) is 58.3 Å². The smallest absolute Gasteiger partial charge is 0.335 e. The van der Waals surface area contributed by atoms with Crippen molar-refractivity contribution in [3.8, 4) is 0 Å². The molecule has 0 unspecified atom stereocenters. The molecule has 2 rings (SSSR count). The minimum atomic E-state index is -3.83. The van der Waals surface area contributed by atoms with Gasteiger partial charge in [0.15, 0.2) is 0 Å². The first-order valence-electron chi connectivity index (χ1n) is 7.89. The largest absolute Gasteiger partial charge is 0.478 e. The highest BCUT2D eigenvalue weighted by Gasteiger charge is 2.19. The van der Waals surface area contributed by atoms with E-state index in [0.29, 0.717) is 6.54 Å². The number of thiol groups is 1. The first-order chi connectivity index (χ1) is 12.3. The van der Waals surface area contributed by atoms with Crippen molar-refractivity contribution in [2.45, 2.75) is 29.6 Å². The molecule has 0 saturated carbocycles. The summed E-state index contributed by atoms with van der Waals surface area (Å²) in [5, 5.41) is 8.86. The molecule has 7 nitrogen and oxygen atoms in total. The van der Waals surface area contributed by atoms with Crippen LogP contribution in [0.5, 0.6) is 0 Å². The van der Waals surface area contributed by atoms with Gasteiger partial charge in [-0.1, -0.05) is 31.5 Å². The predicted octanol–water partition coefficient (Wildman–Crippen LogP) is 2.53. The number of carboxylic acid groups (broad SMARTS) is 1. The Morgan fingerprint density at radius 3 is 2.35 bits per heavy atom. The summed E-state index contributed by atoms with van der Waals surface area (Å²) in [5.74, 6) is -1.19. The number of nitrogen functional groups attached to an aromatic ring is 1. The molecule has 0 atom stereocenters. The van der Waals surface area contributed by atoms with Crippen LogP contribution in [0.2, 0.25) is 0 Å². The van der Waals surface area contributed by atoms with Crippen molar-refractivity contribution >= 4 is 34.3 Å². The first-order valence-corrected chi connectivity index (χ1v) is 9.82. The van der Waals surface area contributed by atoms with Crippen molar-refractivity contribution in [2.75, 3.05) is 12.3 Å². The van der Waals surface area contributed by atoms with E-state index in [0.717, 1.165) is 24.6 Å². The SMILES string of the molecule is CCCCNNS(=O)(=O)c1cc(C(=O)O)ccc1S.Nc1ccccc1. The number of unbranched alkanes of at least 4 members (excludes halogenated alkanes) is 1. The fourth-order valence-electron chi connectivity index (χ4n) is 1.78. The number of para-hydroxylation sites is 1. The fourth-order valence-corrected chi connectivity index (χ4v) is 3.31. The number of rotatable bonds is 7. The van der Waals surface area contributed by atoms with Crippen molar-refractivity contribution in [3.63, 3.8) is 0 Å². The maximum atomic E-state index is 12.0. The van der Waals surface area contributed by atoms with E-state index in [2.05, 4.69) is 22.9 Å². The number of carbonyl (C=O) groups is 1. The van der Waals surface area contributed by atoms with E-state index in [1.165, 1.54) is 12.1 Å². The van der Waals surface area contributed by atoms with Gasteiger partial charge in [0.1, 0.15) is 0 Å². The van der Waals surface area contributed by atoms with Crippen LogP contribution in [0.1, 0.15) is 30.1 Å². The molecule has 26 heavy (non-hydrogen) atoms. The lowest BCUT2D eigenvalue weighted by Gasteiger charge is -2.10. The quantitative estimate of drug-likeness (QED) is 0.212. The van der Waals surface area contributed by atoms with E-state index < -0.39 is 16.0 Å². The van der Waals surface area contributed by atoms with Gasteiger partial charge in [-0.05, 0) is 36.8 Å². The molecule has 0 aliphatic carbocycles. The zero-order valence-electron chi connectivity index (χ0n) is 14.3. The van der Waals surface area contributed by atoms with E-state index in [4.69, 9.17) is 10.8 Å². The first kappa shape index (κ1) is 22.0. The molecule has 0 aromatic heterocycles. The van der Waals surface area contributed by atoms with Gasteiger partial charge in [-0.3, -0.25) is 0 Å². The number of anilines is 1. The summed E-state index contributed by atoms with van der Waals surface area (Å²) in [7, 11) is -3.83. The Hall–Kier alpha value is -2.07. The molecule has 0 heterocycles. The number of hydrazine groups is 1. The monoisotopic (exact) mass is 397 g/mol. The average molecular weight is 398 g/mol. The molecule has 9 heteroatoms. The van der Waals surface area contributed by atoms with Gasteiger partial charge < -0.3 is 10.8 Å². The van der Waals surface area contributed by atoms with E-state index in [-0.39, 0.29) is 15.4 Å². The third-order valence-electron chi connectivity index (χ3n) is 3.16. The van der Waals surface area contributed by atoms with E-state index in [1.807, 2.05) is 37.3 Å². The van der Waals surface area contributed by atoms with E-state index >= 15 is 0 Å². The standard InChI is InChI=1S/C11H16N2O4S2.C6H7N/c1-2-3-6-12-13-19(16,17)10-7-8(11(14)15)4-5-9(10)18;7-6-4-2-1-3-5-6/h4-5,7,12-13,18H,2-3,6H2,1H3,(H,14,15);1-5H,7H2. The lowest BCUT2D eigenvalue weighted by atomic mass is 10.2. The molecule has 0 aliphatic heterocycles. The number of carboxylic acids is 1. The number of benzene rings is 2. The number of hydrogen-bond acceptors (Lipinski definition) is 6. The summed E-state index contributed by atoms with van der Waals surface area (Å²) in [6, 6.07) is 13.2. The molecule has 0 aliphatic rings. The summed E-state index contributed by atoms with van der Waals surface area (Å²) in [6.45, 7) is 2.48. The highest BCUT2D eigenvalue weighted by molar-refractivity contribution is 7.90. The highest BCUT2D eigenvalue weighted by atomic mass is 32.2. The Morgan fingerprint density at radius 1 is 1.19 bits per heavy atom. The minimum Gasteiger partial charge on any atom is -0.478 e. The zero-order chi connectivity index (χ0) is 19.6. The molecule has 0 spiro atoms. The van der Waals surface area contributed by atoms with Gasteiger partial charge in [0.25, 0.3) is 10.0 Å². The zero-order valence-corrected chi connectivity index (χ0v) is 16.1. The molecule has 2 aromatic carbocycles. The topological polar surface area (TPSA) is 122 Å². The van der Waals surface area contributed by atoms with Crippen LogP contribution in [0, 0.1) is 0 Å². The van der Waals surface area contributed by atoms with Crippen molar-refractivity contribution in [3.05, 3.63) is 54.1 Å². The second-order valence-corrected chi connectivity index (χ2v) is 7.42. The van der Waals surface area contributed by atoms with Crippen LogP contribution in [0.25, 0.3) is 0 Å². The maximum absolute atomic E-state index is 12.0. The van der Waals surface area contributed by atoms with Crippen LogP contribution in [-0.4, -0.2) is 26.0 Å². The summed E-state index contributed by atoms with van der Waals surface area (Å²) in [5.41, 5.74) is 8.66. The lowest BCUT2D eigenvalue weighted by Crippen LogP contribution is -2.38. The number of aromatic carboxylic acids is 1. The summed E-state index contributed by atoms with van der Waals surface area (Å²) in [4.78, 5) is 13.1. The van der Waals surface area contributed by atoms with E-state index in [9.17, 15) is 13.2 Å². The van der Waals surface area contributed by atoms with Crippen LogP contribution in [-0.2, 0) is 10.0 Å². The van der Waals surface area contributed by atoms with E-state index in [1.54, 1.807) is 0 Å². The van der Waals surface area contributed by atoms with Gasteiger partial charge in [-0.2, -0.15) is 0 Å². The predicted molar refractivity (Wildman–Crippen MR) is 105 cm³/mol. The Balaban J connectivity index is 0.000000401. The third kappa shape index (κ3) is 7.44. The van der Waals surface area contributed by atoms with Gasteiger partial charge in [0, 0.05) is 17.1 Å². The van der Waals surface area contributed by atoms with Crippen molar-refractivity contribution in [1.82, 2.24) is 10.3 Å². The van der Waals surface area contributed by atoms with Crippen LogP contribution >= 0.6 is 12.6 Å². The highest BCUT2D eigenvalue weighted by Crippen LogP contribution is 2.20. The van der Waals surface area contributed by atoms with Gasteiger partial charge in [-0.15, -0.1) is 17.5 Å². The van der Waals surface area contributed by atoms with Crippen LogP contribution < -0.4 is 16.0 Å². The molecule has 0 saturated heterocycles. The molecule has 0 fully saturated rings. The van der Waals surface area contributed by atoms with Gasteiger partial charge in [0.05, 0.1) is 10.5 Å². The van der Waals surface area contributed by atoms with Crippen LogP contribution in [0.3, 0.4) is 0 Å². The molecule has 0 amide bonds. The normalized spacial score (nSPS) is 10.7. The van der Waals surface area contributed by atoms with Gasteiger partial charge >= 0.3 is 5.97 Å². The van der Waals surface area contributed by atoms with Crippen LogP contribution in [0.4, 0.5) is 5.69 Å². The average Bonchev–Trinajstić information content (AvgIpc) is 2.60. The fraction of sp³-hybridized carbons (Fsp3) is 0.235. The third-order valence-corrected chi connectivity index (χ3v) is 5.03. The molecule has 2 aromatic rings. The van der Waals surface area contributed by atoms with Gasteiger partial charge in [-0.25, -0.2) is 18.6 Å². The molecule has 0 bridgehead atoms. The number of hydrogen-bond donors (Lipinski definition) is 5.